The van der Waals surface area contributed by atoms with Crippen LogP contribution in [-0.2, 0) is 25.2 Å². The molecule has 3 rings (SSSR count). The van der Waals surface area contributed by atoms with Crippen LogP contribution in [0.4, 0.5) is 13.2 Å². The molecule has 0 amide bonds. The summed E-state index contributed by atoms with van der Waals surface area (Å²) >= 11 is 0. The number of hydrogen-bond acceptors (Lipinski definition) is 10. The molecule has 0 N–H and O–H groups in total. The largest absolute Gasteiger partial charge is 0.457 e. The van der Waals surface area contributed by atoms with Crippen molar-refractivity contribution in [2.45, 2.75) is 6.18 Å². The maximum absolute atomic E-state index is 13.8. The molecule has 0 saturated heterocycles. The average Bonchev–Trinajstić information content (AvgIpc) is 2.97. The van der Waals surface area contributed by atoms with E-state index < -0.39 is 60.7 Å². The van der Waals surface area contributed by atoms with Crippen molar-refractivity contribution in [1.29, 1.82) is 0 Å². The van der Waals surface area contributed by atoms with Crippen LogP contribution in [0.5, 0.6) is 23.0 Å². The summed E-state index contributed by atoms with van der Waals surface area (Å²) in [7, 11) is 0. The topological polar surface area (TPSA) is 124 Å². The highest BCUT2D eigenvalue weighted by Crippen LogP contribution is 2.39. The maximum Gasteiger partial charge on any atom is 0.420 e. The van der Waals surface area contributed by atoms with E-state index in [9.17, 15) is 32.3 Å². The van der Waals surface area contributed by atoms with Gasteiger partial charge in [0.2, 0.25) is 13.6 Å². The molecule has 0 aliphatic heterocycles. The Morgan fingerprint density at radius 1 is 0.643 bits per heavy atom. The molecule has 0 atom stereocenters. The lowest BCUT2D eigenvalue weighted by atomic mass is 10.1. The molecule has 3 aromatic carbocycles. The minimum absolute atomic E-state index is 0.0132. The smallest absolute Gasteiger partial charge is 0.420 e. The molecule has 0 aliphatic rings. The van der Waals surface area contributed by atoms with Gasteiger partial charge in [-0.05, 0) is 66.7 Å². The van der Waals surface area contributed by atoms with Crippen molar-refractivity contribution >= 4 is 23.9 Å². The summed E-state index contributed by atoms with van der Waals surface area (Å²) in [5.41, 5.74) is -1.47. The summed E-state index contributed by atoms with van der Waals surface area (Å²) in [6, 6.07) is 12.8. The normalized spacial score (nSPS) is 10.5. The molecule has 0 saturated carbocycles. The minimum Gasteiger partial charge on any atom is -0.457 e. The highest BCUT2D eigenvalue weighted by atomic mass is 19.4. The molecular weight excluding hydrogens is 565 g/mol. The van der Waals surface area contributed by atoms with Crippen molar-refractivity contribution in [2.75, 3.05) is 13.6 Å². The van der Waals surface area contributed by atoms with Gasteiger partial charge in [0, 0.05) is 12.2 Å². The third-order valence-electron chi connectivity index (χ3n) is 5.04. The summed E-state index contributed by atoms with van der Waals surface area (Å²) in [4.78, 5) is 47.0. The van der Waals surface area contributed by atoms with Crippen LogP contribution in [0.2, 0.25) is 0 Å². The first-order valence-electron chi connectivity index (χ1n) is 11.7. The monoisotopic (exact) mass is 586 g/mol. The Balaban J connectivity index is 1.65. The molecule has 0 bridgehead atoms. The molecule has 0 aromatic heterocycles. The van der Waals surface area contributed by atoms with Crippen molar-refractivity contribution in [2.24, 2.45) is 0 Å². The number of rotatable bonds is 12. The first-order valence-corrected chi connectivity index (χ1v) is 11.7. The van der Waals surface area contributed by atoms with E-state index in [2.05, 4.69) is 22.6 Å². The number of carbonyl (C=O) groups excluding carboxylic acids is 4. The Kier molecular flexibility index (Phi) is 10.4. The Labute approximate surface area is 236 Å². The lowest BCUT2D eigenvalue weighted by molar-refractivity contribution is -0.145. The van der Waals surface area contributed by atoms with E-state index in [-0.39, 0.29) is 22.6 Å². The summed E-state index contributed by atoms with van der Waals surface area (Å²) in [5, 5.41) is 0. The quantitative estimate of drug-likeness (QED) is 0.120. The fraction of sp³-hybridized carbons (Fsp3) is 0.103. The zero-order valence-corrected chi connectivity index (χ0v) is 21.6. The molecular formula is C29H21F3O10. The fourth-order valence-corrected chi connectivity index (χ4v) is 3.01. The number of ether oxygens (including phenoxy) is 6. The van der Waals surface area contributed by atoms with Crippen LogP contribution < -0.4 is 18.9 Å². The standard InChI is InChI=1S/C29H21F3O10/c1-3-25(33)39-16-37-20-9-5-18(6-10-20)27(35)41-22-13-14-24(23(15-22)29(30,31)32)42-28(36)19-7-11-21(12-8-19)38-17-40-26(34)4-2/h3-15H,1-2,16-17H2. The third kappa shape index (κ3) is 8.98. The van der Waals surface area contributed by atoms with E-state index >= 15 is 0 Å². The van der Waals surface area contributed by atoms with Crippen molar-refractivity contribution in [3.05, 3.63) is 109 Å². The zero-order chi connectivity index (χ0) is 30.7. The SMILES string of the molecule is C=CC(=O)OCOc1ccc(C(=O)Oc2ccc(OC(=O)c3ccc(OCOC(=O)C=C)cc3)c(C(F)(F)F)c2)cc1. The lowest BCUT2D eigenvalue weighted by Gasteiger charge is -2.15. The van der Waals surface area contributed by atoms with Crippen LogP contribution >= 0.6 is 0 Å². The number of halogens is 3. The van der Waals surface area contributed by atoms with Gasteiger partial charge in [-0.1, -0.05) is 13.2 Å². The van der Waals surface area contributed by atoms with Gasteiger partial charge in [0.15, 0.2) is 0 Å². The summed E-state index contributed by atoms with van der Waals surface area (Å²) in [6.07, 6.45) is -3.07. The fourth-order valence-electron chi connectivity index (χ4n) is 3.01. The van der Waals surface area contributed by atoms with Gasteiger partial charge in [0.05, 0.1) is 11.1 Å². The van der Waals surface area contributed by atoms with Crippen molar-refractivity contribution in [3.8, 4) is 23.0 Å². The molecule has 0 fully saturated rings. The summed E-state index contributed by atoms with van der Waals surface area (Å²) < 4.78 is 71.0. The number of benzene rings is 3. The van der Waals surface area contributed by atoms with E-state index in [1.165, 1.54) is 48.5 Å². The summed E-state index contributed by atoms with van der Waals surface area (Å²) in [6.45, 7) is 5.64. The van der Waals surface area contributed by atoms with Gasteiger partial charge in [-0.25, -0.2) is 19.2 Å². The molecule has 218 valence electrons. The Hall–Kier alpha value is -5.59. The van der Waals surface area contributed by atoms with Crippen LogP contribution in [0.3, 0.4) is 0 Å². The average molecular weight is 586 g/mol. The van der Waals surface area contributed by atoms with Crippen molar-refractivity contribution < 1.29 is 60.8 Å². The minimum atomic E-state index is -4.97. The Morgan fingerprint density at radius 3 is 1.50 bits per heavy atom. The van der Waals surface area contributed by atoms with Gasteiger partial charge in [0.25, 0.3) is 0 Å². The Morgan fingerprint density at radius 2 is 1.07 bits per heavy atom. The van der Waals surface area contributed by atoms with Gasteiger partial charge in [-0.15, -0.1) is 0 Å². The van der Waals surface area contributed by atoms with Crippen LogP contribution in [0.15, 0.2) is 92.0 Å². The molecule has 0 aliphatic carbocycles. The second-order valence-corrected chi connectivity index (χ2v) is 7.84. The highest BCUT2D eigenvalue weighted by molar-refractivity contribution is 5.92. The molecule has 42 heavy (non-hydrogen) atoms. The highest BCUT2D eigenvalue weighted by Gasteiger charge is 2.36. The zero-order valence-electron chi connectivity index (χ0n) is 21.6. The van der Waals surface area contributed by atoms with E-state index in [4.69, 9.17) is 18.9 Å². The molecule has 0 radical (unpaired) electrons. The van der Waals surface area contributed by atoms with Gasteiger partial charge in [-0.2, -0.15) is 13.2 Å². The van der Waals surface area contributed by atoms with E-state index in [0.717, 1.165) is 24.3 Å². The van der Waals surface area contributed by atoms with Gasteiger partial charge < -0.3 is 28.4 Å². The van der Waals surface area contributed by atoms with Crippen LogP contribution in [0, 0.1) is 0 Å². The molecule has 0 unspecified atom stereocenters. The van der Waals surface area contributed by atoms with Gasteiger partial charge >= 0.3 is 30.1 Å². The van der Waals surface area contributed by atoms with E-state index in [0.29, 0.717) is 6.07 Å². The van der Waals surface area contributed by atoms with E-state index in [1.807, 2.05) is 0 Å². The second-order valence-electron chi connectivity index (χ2n) is 7.84. The van der Waals surface area contributed by atoms with Gasteiger partial charge in [-0.3, -0.25) is 0 Å². The number of esters is 4. The predicted molar refractivity (Wildman–Crippen MR) is 138 cm³/mol. The molecule has 10 nitrogen and oxygen atoms in total. The third-order valence-corrected chi connectivity index (χ3v) is 5.04. The molecule has 3 aromatic rings. The number of hydrogen-bond donors (Lipinski definition) is 0. The van der Waals surface area contributed by atoms with Crippen molar-refractivity contribution in [1.82, 2.24) is 0 Å². The molecule has 0 heterocycles. The molecule has 13 heteroatoms. The van der Waals surface area contributed by atoms with E-state index in [1.54, 1.807) is 0 Å². The first kappa shape index (κ1) is 30.9. The number of alkyl halides is 3. The van der Waals surface area contributed by atoms with Crippen molar-refractivity contribution in [3.63, 3.8) is 0 Å². The maximum atomic E-state index is 13.8. The molecule has 0 spiro atoms. The Bertz CT molecular complexity index is 1460. The van der Waals surface area contributed by atoms with Crippen LogP contribution in [0.25, 0.3) is 0 Å². The van der Waals surface area contributed by atoms with Gasteiger partial charge in [0.1, 0.15) is 28.6 Å². The lowest BCUT2D eigenvalue weighted by Crippen LogP contribution is -2.15. The number of carbonyl (C=O) groups is 4. The second kappa shape index (κ2) is 14.2. The summed E-state index contributed by atoms with van der Waals surface area (Å²) in [5.74, 6) is -4.30. The van der Waals surface area contributed by atoms with Crippen LogP contribution in [-0.4, -0.2) is 37.5 Å². The first-order chi connectivity index (χ1) is 20.0. The van der Waals surface area contributed by atoms with Crippen LogP contribution in [0.1, 0.15) is 26.3 Å². The predicted octanol–water partition coefficient (Wildman–Crippen LogP) is 5.27.